The van der Waals surface area contributed by atoms with Gasteiger partial charge in [-0.25, -0.2) is 0 Å². The Morgan fingerprint density at radius 2 is 1.78 bits per heavy atom. The molecule has 0 saturated carbocycles. The van der Waals surface area contributed by atoms with Crippen LogP contribution in [0.2, 0.25) is 0 Å². The lowest BCUT2D eigenvalue weighted by Crippen LogP contribution is -2.38. The molecular formula is C22H20N2O3. The molecule has 5 nitrogen and oxygen atoms in total. The maximum Gasteiger partial charge on any atom is 0.254 e. The Balaban J connectivity index is 1.47. The van der Waals surface area contributed by atoms with Gasteiger partial charge in [0, 0.05) is 18.2 Å². The fraction of sp³-hybridized carbons (Fsp3) is 0.182. The summed E-state index contributed by atoms with van der Waals surface area (Å²) in [5, 5.41) is 5.01. The smallest absolute Gasteiger partial charge is 0.254 e. The summed E-state index contributed by atoms with van der Waals surface area (Å²) >= 11 is 0. The summed E-state index contributed by atoms with van der Waals surface area (Å²) in [7, 11) is 0. The van der Waals surface area contributed by atoms with Gasteiger partial charge in [0.1, 0.15) is 18.4 Å². The number of rotatable bonds is 5. The minimum absolute atomic E-state index is 0.131. The molecule has 5 heteroatoms. The quantitative estimate of drug-likeness (QED) is 0.758. The van der Waals surface area contributed by atoms with Gasteiger partial charge in [-0.05, 0) is 29.0 Å². The largest absolute Gasteiger partial charge is 0.492 e. The molecule has 1 aliphatic rings. The summed E-state index contributed by atoms with van der Waals surface area (Å²) in [6.45, 7) is 2.20. The predicted octanol–water partition coefficient (Wildman–Crippen LogP) is 3.44. The molecule has 2 amide bonds. The van der Waals surface area contributed by atoms with E-state index in [4.69, 9.17) is 4.74 Å². The Morgan fingerprint density at radius 3 is 2.59 bits per heavy atom. The van der Waals surface area contributed by atoms with Crippen LogP contribution in [0.25, 0.3) is 10.8 Å². The zero-order valence-corrected chi connectivity index (χ0v) is 15.0. The predicted molar refractivity (Wildman–Crippen MR) is 105 cm³/mol. The van der Waals surface area contributed by atoms with Crippen molar-refractivity contribution in [3.63, 3.8) is 0 Å². The summed E-state index contributed by atoms with van der Waals surface area (Å²) < 4.78 is 5.87. The van der Waals surface area contributed by atoms with Gasteiger partial charge in [-0.3, -0.25) is 9.59 Å². The van der Waals surface area contributed by atoms with E-state index in [-0.39, 0.29) is 11.8 Å². The standard InChI is InChI=1S/C22H20N2O3/c1-15(25)23-21-19-8-4-5-9-20(19)24(22(21)26)12-13-27-18-11-10-16-6-2-3-7-17(16)14-18/h2-11,14,21H,12-13H2,1H3,(H,23,25). The molecule has 0 bridgehead atoms. The number of hydrogen-bond acceptors (Lipinski definition) is 3. The fourth-order valence-corrected chi connectivity index (χ4v) is 3.47. The molecule has 0 aromatic heterocycles. The summed E-state index contributed by atoms with van der Waals surface area (Å²) in [6.07, 6.45) is 0. The van der Waals surface area contributed by atoms with Gasteiger partial charge < -0.3 is 15.0 Å². The Kier molecular flexibility index (Phi) is 4.50. The highest BCUT2D eigenvalue weighted by molar-refractivity contribution is 6.06. The normalized spacial score (nSPS) is 15.7. The Bertz CT molecular complexity index is 1020. The second-order valence-corrected chi connectivity index (χ2v) is 6.54. The lowest BCUT2D eigenvalue weighted by molar-refractivity contribution is -0.126. The molecular weight excluding hydrogens is 340 g/mol. The number of nitrogens with one attached hydrogen (secondary N) is 1. The van der Waals surface area contributed by atoms with E-state index in [0.29, 0.717) is 13.2 Å². The van der Waals surface area contributed by atoms with Crippen molar-refractivity contribution in [1.82, 2.24) is 5.32 Å². The van der Waals surface area contributed by atoms with Crippen molar-refractivity contribution in [3.05, 3.63) is 72.3 Å². The van der Waals surface area contributed by atoms with Crippen LogP contribution in [0.3, 0.4) is 0 Å². The van der Waals surface area contributed by atoms with Gasteiger partial charge in [-0.15, -0.1) is 0 Å². The van der Waals surface area contributed by atoms with E-state index in [1.807, 2.05) is 60.7 Å². The molecule has 0 radical (unpaired) electrons. The molecule has 1 heterocycles. The maximum atomic E-state index is 12.8. The zero-order chi connectivity index (χ0) is 18.8. The lowest BCUT2D eigenvalue weighted by atomic mass is 10.1. The topological polar surface area (TPSA) is 58.6 Å². The van der Waals surface area contributed by atoms with Crippen LogP contribution in [-0.4, -0.2) is 25.0 Å². The van der Waals surface area contributed by atoms with Gasteiger partial charge in [0.2, 0.25) is 5.91 Å². The zero-order valence-electron chi connectivity index (χ0n) is 15.0. The van der Waals surface area contributed by atoms with Crippen LogP contribution in [0, 0.1) is 0 Å². The van der Waals surface area contributed by atoms with Crippen LogP contribution < -0.4 is 15.0 Å². The van der Waals surface area contributed by atoms with Crippen molar-refractivity contribution in [2.24, 2.45) is 0 Å². The number of fused-ring (bicyclic) bond motifs is 2. The van der Waals surface area contributed by atoms with Crippen molar-refractivity contribution in [2.45, 2.75) is 13.0 Å². The van der Waals surface area contributed by atoms with Crippen molar-refractivity contribution in [1.29, 1.82) is 0 Å². The first kappa shape index (κ1) is 17.1. The number of anilines is 1. The highest BCUT2D eigenvalue weighted by Gasteiger charge is 2.37. The van der Waals surface area contributed by atoms with E-state index in [2.05, 4.69) is 11.4 Å². The molecule has 1 unspecified atom stereocenters. The van der Waals surface area contributed by atoms with Gasteiger partial charge in [0.15, 0.2) is 0 Å². The first-order valence-corrected chi connectivity index (χ1v) is 8.92. The molecule has 1 N–H and O–H groups in total. The monoisotopic (exact) mass is 360 g/mol. The van der Waals surface area contributed by atoms with Crippen molar-refractivity contribution in [3.8, 4) is 5.75 Å². The van der Waals surface area contributed by atoms with E-state index in [9.17, 15) is 9.59 Å². The van der Waals surface area contributed by atoms with Gasteiger partial charge in [0.05, 0.1) is 6.54 Å². The van der Waals surface area contributed by atoms with E-state index in [1.165, 1.54) is 6.92 Å². The maximum absolute atomic E-state index is 12.8. The Labute approximate surface area is 157 Å². The Morgan fingerprint density at radius 1 is 1.04 bits per heavy atom. The lowest BCUT2D eigenvalue weighted by Gasteiger charge is -2.18. The first-order valence-electron chi connectivity index (χ1n) is 8.92. The van der Waals surface area contributed by atoms with Gasteiger partial charge in [-0.1, -0.05) is 48.5 Å². The summed E-state index contributed by atoms with van der Waals surface area (Å²) in [5.74, 6) is 0.415. The number of ether oxygens (including phenoxy) is 1. The fourth-order valence-electron chi connectivity index (χ4n) is 3.47. The Hall–Kier alpha value is -3.34. The molecule has 0 fully saturated rings. The van der Waals surface area contributed by atoms with Crippen LogP contribution >= 0.6 is 0 Å². The van der Waals surface area contributed by atoms with Crippen LogP contribution in [0.5, 0.6) is 5.75 Å². The number of carbonyl (C=O) groups excluding carboxylic acids is 2. The number of hydrogen-bond donors (Lipinski definition) is 1. The third-order valence-electron chi connectivity index (χ3n) is 4.70. The van der Waals surface area contributed by atoms with Crippen LogP contribution in [0.1, 0.15) is 18.5 Å². The number of nitrogens with zero attached hydrogens (tertiary/aromatic N) is 1. The highest BCUT2D eigenvalue weighted by Crippen LogP contribution is 2.35. The van der Waals surface area contributed by atoms with Crippen molar-refractivity contribution >= 4 is 28.3 Å². The molecule has 0 aliphatic carbocycles. The second-order valence-electron chi connectivity index (χ2n) is 6.54. The van der Waals surface area contributed by atoms with E-state index in [1.54, 1.807) is 4.90 Å². The van der Waals surface area contributed by atoms with Crippen molar-refractivity contribution in [2.75, 3.05) is 18.1 Å². The van der Waals surface area contributed by atoms with Crippen LogP contribution in [0.15, 0.2) is 66.7 Å². The highest BCUT2D eigenvalue weighted by atomic mass is 16.5. The minimum atomic E-state index is -0.626. The number of para-hydroxylation sites is 1. The molecule has 136 valence electrons. The van der Waals surface area contributed by atoms with E-state index < -0.39 is 6.04 Å². The SMILES string of the molecule is CC(=O)NC1C(=O)N(CCOc2ccc3ccccc3c2)c2ccccc21. The summed E-state index contributed by atoms with van der Waals surface area (Å²) in [5.41, 5.74) is 1.65. The second kappa shape index (κ2) is 7.11. The summed E-state index contributed by atoms with van der Waals surface area (Å²) in [4.78, 5) is 25.9. The molecule has 0 spiro atoms. The summed E-state index contributed by atoms with van der Waals surface area (Å²) in [6, 6.07) is 20.9. The third-order valence-corrected chi connectivity index (χ3v) is 4.70. The third kappa shape index (κ3) is 3.36. The number of amides is 2. The molecule has 1 atom stereocenters. The number of carbonyl (C=O) groups is 2. The minimum Gasteiger partial charge on any atom is -0.492 e. The average Bonchev–Trinajstić information content (AvgIpc) is 2.93. The van der Waals surface area contributed by atoms with E-state index in [0.717, 1.165) is 27.8 Å². The van der Waals surface area contributed by atoms with Crippen LogP contribution in [-0.2, 0) is 9.59 Å². The van der Waals surface area contributed by atoms with Crippen molar-refractivity contribution < 1.29 is 14.3 Å². The molecule has 1 aliphatic heterocycles. The van der Waals surface area contributed by atoms with Crippen LogP contribution in [0.4, 0.5) is 5.69 Å². The molecule has 3 aromatic rings. The van der Waals surface area contributed by atoms with Gasteiger partial charge >= 0.3 is 0 Å². The van der Waals surface area contributed by atoms with Gasteiger partial charge in [0.25, 0.3) is 5.91 Å². The van der Waals surface area contributed by atoms with E-state index >= 15 is 0 Å². The van der Waals surface area contributed by atoms with Gasteiger partial charge in [-0.2, -0.15) is 0 Å². The number of benzene rings is 3. The molecule has 27 heavy (non-hydrogen) atoms. The first-order chi connectivity index (χ1) is 13.1. The average molecular weight is 360 g/mol. The molecule has 4 rings (SSSR count). The molecule has 0 saturated heterocycles. The molecule has 3 aromatic carbocycles.